The van der Waals surface area contributed by atoms with Crippen molar-refractivity contribution in [2.24, 2.45) is 0 Å². The second-order valence-corrected chi connectivity index (χ2v) is 7.81. The van der Waals surface area contributed by atoms with E-state index in [-0.39, 0.29) is 5.91 Å². The molecule has 31 heavy (non-hydrogen) atoms. The summed E-state index contributed by atoms with van der Waals surface area (Å²) in [5, 5.41) is 5.29. The van der Waals surface area contributed by atoms with E-state index >= 15 is 0 Å². The summed E-state index contributed by atoms with van der Waals surface area (Å²) in [7, 11) is 0. The van der Waals surface area contributed by atoms with Crippen molar-refractivity contribution in [1.29, 1.82) is 0 Å². The first-order valence-electron chi connectivity index (χ1n) is 10.3. The van der Waals surface area contributed by atoms with Gasteiger partial charge >= 0.3 is 0 Å². The third-order valence-corrected chi connectivity index (χ3v) is 5.53. The van der Waals surface area contributed by atoms with Crippen LogP contribution in [0.3, 0.4) is 0 Å². The Kier molecular flexibility index (Phi) is 4.71. The number of carbonyl (C=O) groups is 1. The number of aryl methyl sites for hydroxylation is 2. The predicted molar refractivity (Wildman–Crippen MR) is 124 cm³/mol. The molecule has 0 fully saturated rings. The Morgan fingerprint density at radius 2 is 1.77 bits per heavy atom. The Morgan fingerprint density at radius 1 is 0.935 bits per heavy atom. The van der Waals surface area contributed by atoms with E-state index < -0.39 is 0 Å². The molecule has 2 aromatic carbocycles. The maximum atomic E-state index is 12.7. The monoisotopic (exact) mass is 406 g/mol. The lowest BCUT2D eigenvalue weighted by Gasteiger charge is -2.10. The maximum Gasteiger partial charge on any atom is 0.251 e. The van der Waals surface area contributed by atoms with Crippen LogP contribution in [-0.4, -0.2) is 20.9 Å². The first-order valence-corrected chi connectivity index (χ1v) is 10.3. The third kappa shape index (κ3) is 3.66. The molecular formula is C26H22N4O. The number of nitrogens with one attached hydrogen (secondary N) is 2. The van der Waals surface area contributed by atoms with Gasteiger partial charge in [0.15, 0.2) is 0 Å². The van der Waals surface area contributed by atoms with Crippen LogP contribution in [0, 0.1) is 13.8 Å². The van der Waals surface area contributed by atoms with Crippen molar-refractivity contribution in [3.63, 3.8) is 0 Å². The van der Waals surface area contributed by atoms with Crippen molar-refractivity contribution in [2.45, 2.75) is 20.4 Å². The van der Waals surface area contributed by atoms with Crippen LogP contribution in [0.25, 0.3) is 33.1 Å². The molecule has 2 N–H and O–H groups in total. The highest BCUT2D eigenvalue weighted by Crippen LogP contribution is 2.26. The molecule has 152 valence electrons. The van der Waals surface area contributed by atoms with Gasteiger partial charge < -0.3 is 10.3 Å². The van der Waals surface area contributed by atoms with Crippen LogP contribution in [0.1, 0.15) is 27.2 Å². The van der Waals surface area contributed by atoms with Gasteiger partial charge in [-0.3, -0.25) is 14.8 Å². The number of fused-ring (bicyclic) bond motifs is 3. The smallest absolute Gasteiger partial charge is 0.251 e. The molecule has 5 aromatic rings. The molecule has 5 rings (SSSR count). The Balaban J connectivity index is 1.33. The predicted octanol–water partition coefficient (Wildman–Crippen LogP) is 5.32. The zero-order valence-electron chi connectivity index (χ0n) is 17.4. The topological polar surface area (TPSA) is 70.7 Å². The number of carbonyl (C=O) groups excluding carboxylic acids is 1. The molecule has 0 unspecified atom stereocenters. The van der Waals surface area contributed by atoms with Crippen LogP contribution >= 0.6 is 0 Å². The number of aromatic nitrogens is 3. The third-order valence-electron chi connectivity index (χ3n) is 5.53. The average molecular weight is 406 g/mol. The number of para-hydroxylation sites is 1. The highest BCUT2D eigenvalue weighted by atomic mass is 16.1. The Bertz CT molecular complexity index is 1430. The number of H-pyrrole nitrogens is 1. The first kappa shape index (κ1) is 19.0. The Labute approximate surface area is 180 Å². The molecule has 5 nitrogen and oxygen atoms in total. The zero-order chi connectivity index (χ0) is 21.4. The summed E-state index contributed by atoms with van der Waals surface area (Å²) in [6.45, 7) is 4.43. The van der Waals surface area contributed by atoms with E-state index in [1.54, 1.807) is 6.20 Å². The van der Waals surface area contributed by atoms with Crippen molar-refractivity contribution < 1.29 is 4.79 Å². The molecule has 0 atom stereocenters. The van der Waals surface area contributed by atoms with Gasteiger partial charge in [0.1, 0.15) is 0 Å². The van der Waals surface area contributed by atoms with Crippen LogP contribution < -0.4 is 5.32 Å². The second-order valence-electron chi connectivity index (χ2n) is 7.81. The van der Waals surface area contributed by atoms with Gasteiger partial charge in [0.05, 0.1) is 5.69 Å². The van der Waals surface area contributed by atoms with E-state index in [9.17, 15) is 4.79 Å². The molecule has 3 aromatic heterocycles. The van der Waals surface area contributed by atoms with E-state index in [0.717, 1.165) is 49.9 Å². The van der Waals surface area contributed by atoms with Crippen molar-refractivity contribution >= 4 is 27.7 Å². The van der Waals surface area contributed by atoms with Crippen molar-refractivity contribution in [2.75, 3.05) is 0 Å². The van der Waals surface area contributed by atoms with E-state index in [4.69, 9.17) is 0 Å². The zero-order valence-corrected chi connectivity index (χ0v) is 17.4. The summed E-state index contributed by atoms with van der Waals surface area (Å²) in [6.07, 6.45) is 3.61. The molecule has 0 bridgehead atoms. The number of hydrogen-bond donors (Lipinski definition) is 2. The summed E-state index contributed by atoms with van der Waals surface area (Å²) in [5.41, 5.74) is 7.64. The summed E-state index contributed by atoms with van der Waals surface area (Å²) in [6, 6.07) is 20.0. The van der Waals surface area contributed by atoms with E-state index in [0.29, 0.717) is 12.1 Å². The van der Waals surface area contributed by atoms with Gasteiger partial charge in [-0.2, -0.15) is 0 Å². The fourth-order valence-electron chi connectivity index (χ4n) is 4.00. The van der Waals surface area contributed by atoms with Gasteiger partial charge in [0, 0.05) is 57.6 Å². The van der Waals surface area contributed by atoms with E-state index in [1.165, 1.54) is 0 Å². The lowest BCUT2D eigenvalue weighted by molar-refractivity contribution is 0.0951. The van der Waals surface area contributed by atoms with Crippen molar-refractivity contribution in [3.05, 3.63) is 95.4 Å². The van der Waals surface area contributed by atoms with Crippen molar-refractivity contribution in [1.82, 2.24) is 20.3 Å². The van der Waals surface area contributed by atoms with Gasteiger partial charge in [-0.25, -0.2) is 0 Å². The number of rotatable bonds is 4. The second kappa shape index (κ2) is 7.69. The average Bonchev–Trinajstić information content (AvgIpc) is 3.15. The minimum atomic E-state index is -0.105. The molecule has 0 aliphatic heterocycles. The number of benzene rings is 2. The highest BCUT2D eigenvalue weighted by molar-refractivity contribution is 6.09. The van der Waals surface area contributed by atoms with Crippen LogP contribution in [-0.2, 0) is 6.54 Å². The molecule has 0 spiro atoms. The lowest BCUT2D eigenvalue weighted by Crippen LogP contribution is -2.22. The van der Waals surface area contributed by atoms with Gasteiger partial charge in [-0.15, -0.1) is 0 Å². The molecule has 0 aliphatic carbocycles. The minimum Gasteiger partial charge on any atom is -0.354 e. The summed E-state index contributed by atoms with van der Waals surface area (Å²) in [4.78, 5) is 25.0. The van der Waals surface area contributed by atoms with E-state index in [1.807, 2.05) is 68.6 Å². The van der Waals surface area contributed by atoms with E-state index in [2.05, 4.69) is 32.4 Å². The van der Waals surface area contributed by atoms with Crippen molar-refractivity contribution in [3.8, 4) is 11.3 Å². The highest BCUT2D eigenvalue weighted by Gasteiger charge is 2.11. The number of aromatic amines is 1. The van der Waals surface area contributed by atoms with Gasteiger partial charge in [0.2, 0.25) is 0 Å². The normalized spacial score (nSPS) is 11.2. The molecule has 1 amide bonds. The van der Waals surface area contributed by atoms with Crippen LogP contribution in [0.4, 0.5) is 0 Å². The molecule has 0 saturated carbocycles. The van der Waals surface area contributed by atoms with Crippen LogP contribution in [0.15, 0.2) is 73.1 Å². The molecule has 3 heterocycles. The summed E-state index contributed by atoms with van der Waals surface area (Å²) < 4.78 is 0. The fourth-order valence-corrected chi connectivity index (χ4v) is 4.00. The molecule has 5 heteroatoms. The lowest BCUT2D eigenvalue weighted by atomic mass is 10.1. The number of nitrogens with zero attached hydrogens (tertiary/aromatic N) is 2. The van der Waals surface area contributed by atoms with Gasteiger partial charge in [0.25, 0.3) is 5.91 Å². The quantitative estimate of drug-likeness (QED) is 0.424. The standard InChI is InChI=1S/C26H22N4O/c1-16-11-18(14-28-25(16)19-9-10-27-17(2)12-19)15-29-26(31)20-7-8-22-21-5-3-4-6-23(21)30-24(22)13-20/h3-14,30H,15H2,1-2H3,(H,29,31). The number of amides is 1. The number of hydrogen-bond acceptors (Lipinski definition) is 3. The fraction of sp³-hybridized carbons (Fsp3) is 0.115. The summed E-state index contributed by atoms with van der Waals surface area (Å²) >= 11 is 0. The number of pyridine rings is 2. The van der Waals surface area contributed by atoms with Gasteiger partial charge in [-0.05, 0) is 55.3 Å². The summed E-state index contributed by atoms with van der Waals surface area (Å²) in [5.74, 6) is -0.105. The molecule has 0 aliphatic rings. The molecular weight excluding hydrogens is 384 g/mol. The van der Waals surface area contributed by atoms with Gasteiger partial charge in [-0.1, -0.05) is 30.3 Å². The van der Waals surface area contributed by atoms with Crippen LogP contribution in [0.2, 0.25) is 0 Å². The molecule has 0 radical (unpaired) electrons. The first-order chi connectivity index (χ1) is 15.1. The van der Waals surface area contributed by atoms with Crippen LogP contribution in [0.5, 0.6) is 0 Å². The Morgan fingerprint density at radius 3 is 2.61 bits per heavy atom. The molecule has 0 saturated heterocycles. The Hall–Kier alpha value is -3.99. The minimum absolute atomic E-state index is 0.105. The largest absolute Gasteiger partial charge is 0.354 e. The SMILES string of the molecule is Cc1cc(-c2ncc(CNC(=O)c3ccc4c(c3)[nH]c3ccccc34)cc2C)ccn1. The maximum absolute atomic E-state index is 12.7.